The number of nitrogens with one attached hydrogen (secondary N) is 3. The molecule has 0 bridgehead atoms. The predicted octanol–water partition coefficient (Wildman–Crippen LogP) is 4.64. The van der Waals surface area contributed by atoms with Crippen molar-refractivity contribution in [3.8, 4) is 5.75 Å². The lowest BCUT2D eigenvalue weighted by Gasteiger charge is -2.19. The number of hydrogen-bond acceptors (Lipinski definition) is 3. The summed E-state index contributed by atoms with van der Waals surface area (Å²) in [5.41, 5.74) is 4.64. The molecule has 1 heterocycles. The van der Waals surface area contributed by atoms with E-state index in [1.165, 1.54) is 5.56 Å². The maximum absolute atomic E-state index is 12.6. The highest BCUT2D eigenvalue weighted by Crippen LogP contribution is 2.22. The molecular formula is C19H21N3O2S. The fourth-order valence-electron chi connectivity index (χ4n) is 2.74. The summed E-state index contributed by atoms with van der Waals surface area (Å²) in [5.74, 6) is 0.564. The molecule has 1 atom stereocenters. The van der Waals surface area contributed by atoms with Gasteiger partial charge >= 0.3 is 0 Å². The van der Waals surface area contributed by atoms with Crippen LogP contribution in [0.2, 0.25) is 0 Å². The normalized spacial score (nSPS) is 12.1. The Kier molecular flexibility index (Phi) is 4.90. The van der Waals surface area contributed by atoms with Crippen LogP contribution in [0.25, 0.3) is 11.0 Å². The van der Waals surface area contributed by atoms with Crippen LogP contribution >= 0.6 is 12.2 Å². The Morgan fingerprint density at radius 2 is 1.92 bits per heavy atom. The number of aromatic nitrogens is 2. The molecule has 0 fully saturated rings. The molecule has 2 aromatic carbocycles. The lowest BCUT2D eigenvalue weighted by atomic mass is 10.1. The molecule has 5 nitrogen and oxygen atoms in total. The van der Waals surface area contributed by atoms with E-state index in [0.29, 0.717) is 16.9 Å². The highest BCUT2D eigenvalue weighted by Gasteiger charge is 2.19. The second-order valence-electron chi connectivity index (χ2n) is 6.11. The van der Waals surface area contributed by atoms with Crippen LogP contribution in [0, 0.1) is 18.6 Å². The summed E-state index contributed by atoms with van der Waals surface area (Å²) in [4.78, 5) is 18.7. The summed E-state index contributed by atoms with van der Waals surface area (Å²) < 4.78 is 6.49. The Balaban J connectivity index is 1.75. The molecule has 130 valence electrons. The van der Waals surface area contributed by atoms with Gasteiger partial charge in [0, 0.05) is 5.69 Å². The zero-order valence-corrected chi connectivity index (χ0v) is 15.3. The number of rotatable bonds is 5. The van der Waals surface area contributed by atoms with Crippen molar-refractivity contribution in [3.05, 3.63) is 52.3 Å². The van der Waals surface area contributed by atoms with Crippen molar-refractivity contribution in [2.75, 3.05) is 5.32 Å². The fourth-order valence-corrected chi connectivity index (χ4v) is 2.96. The minimum absolute atomic E-state index is 0.170. The van der Waals surface area contributed by atoms with Crippen molar-refractivity contribution < 1.29 is 9.53 Å². The van der Waals surface area contributed by atoms with E-state index < -0.39 is 6.10 Å². The van der Waals surface area contributed by atoms with E-state index in [0.717, 1.165) is 22.3 Å². The van der Waals surface area contributed by atoms with Gasteiger partial charge in [-0.15, -0.1) is 0 Å². The van der Waals surface area contributed by atoms with E-state index >= 15 is 0 Å². The van der Waals surface area contributed by atoms with Gasteiger partial charge in [-0.25, -0.2) is 0 Å². The molecule has 25 heavy (non-hydrogen) atoms. The number of anilines is 1. The third kappa shape index (κ3) is 3.91. The second-order valence-corrected chi connectivity index (χ2v) is 6.52. The van der Waals surface area contributed by atoms with Gasteiger partial charge in [0.05, 0.1) is 11.0 Å². The number of aromatic amines is 2. The lowest BCUT2D eigenvalue weighted by molar-refractivity contribution is -0.122. The van der Waals surface area contributed by atoms with Crippen molar-refractivity contribution >= 4 is 34.8 Å². The molecule has 0 radical (unpaired) electrons. The number of imidazole rings is 1. The molecular weight excluding hydrogens is 334 g/mol. The lowest BCUT2D eigenvalue weighted by Crippen LogP contribution is -2.32. The predicted molar refractivity (Wildman–Crippen MR) is 103 cm³/mol. The number of H-pyrrole nitrogens is 2. The van der Waals surface area contributed by atoms with Gasteiger partial charge in [0.25, 0.3) is 5.91 Å². The van der Waals surface area contributed by atoms with Crippen molar-refractivity contribution in [2.24, 2.45) is 0 Å². The number of benzene rings is 2. The topological polar surface area (TPSA) is 69.9 Å². The summed E-state index contributed by atoms with van der Waals surface area (Å²) in [6, 6.07) is 11.5. The average molecular weight is 355 g/mol. The van der Waals surface area contributed by atoms with Gasteiger partial charge in [0.1, 0.15) is 5.75 Å². The number of carbonyl (C=O) groups excluding carboxylic acids is 1. The summed E-state index contributed by atoms with van der Waals surface area (Å²) in [7, 11) is 0. The molecule has 3 N–H and O–H groups in total. The summed E-state index contributed by atoms with van der Waals surface area (Å²) >= 11 is 5.08. The largest absolute Gasteiger partial charge is 0.480 e. The number of amides is 1. The van der Waals surface area contributed by atoms with Crippen molar-refractivity contribution in [2.45, 2.75) is 33.3 Å². The Hall–Kier alpha value is -2.60. The minimum atomic E-state index is -0.554. The Labute approximate surface area is 151 Å². The molecule has 1 unspecified atom stereocenters. The van der Waals surface area contributed by atoms with Crippen LogP contribution in [-0.2, 0) is 4.79 Å². The zero-order chi connectivity index (χ0) is 18.0. The first kappa shape index (κ1) is 17.2. The molecule has 1 aromatic heterocycles. The molecule has 0 saturated carbocycles. The fraction of sp³-hybridized carbons (Fsp3) is 0.263. The SMILES string of the molecule is CCC(Oc1ccc(C)cc1C)C(=O)Nc1ccc2[nH]c(=S)[nH]c2c1. The maximum atomic E-state index is 12.6. The molecule has 3 aromatic rings. The van der Waals surface area contributed by atoms with Crippen LogP contribution in [0.4, 0.5) is 5.69 Å². The second kappa shape index (κ2) is 7.11. The maximum Gasteiger partial charge on any atom is 0.265 e. The van der Waals surface area contributed by atoms with E-state index in [1.807, 2.05) is 57.2 Å². The van der Waals surface area contributed by atoms with Crippen LogP contribution in [0.5, 0.6) is 5.75 Å². The Bertz CT molecular complexity index is 974. The van der Waals surface area contributed by atoms with Gasteiger partial charge in [-0.3, -0.25) is 4.79 Å². The molecule has 0 saturated heterocycles. The van der Waals surface area contributed by atoms with Gasteiger partial charge < -0.3 is 20.0 Å². The first-order valence-electron chi connectivity index (χ1n) is 8.23. The van der Waals surface area contributed by atoms with E-state index in [-0.39, 0.29) is 5.91 Å². The monoisotopic (exact) mass is 355 g/mol. The van der Waals surface area contributed by atoms with E-state index in [9.17, 15) is 4.79 Å². The zero-order valence-electron chi connectivity index (χ0n) is 14.5. The first-order valence-corrected chi connectivity index (χ1v) is 8.64. The van der Waals surface area contributed by atoms with Crippen molar-refractivity contribution in [1.29, 1.82) is 0 Å². The van der Waals surface area contributed by atoms with Gasteiger partial charge in [0.15, 0.2) is 10.9 Å². The third-order valence-electron chi connectivity index (χ3n) is 4.05. The Morgan fingerprint density at radius 1 is 1.16 bits per heavy atom. The van der Waals surface area contributed by atoms with Gasteiger partial charge in [-0.05, 0) is 62.3 Å². The van der Waals surface area contributed by atoms with Crippen molar-refractivity contribution in [3.63, 3.8) is 0 Å². The van der Waals surface area contributed by atoms with E-state index in [4.69, 9.17) is 17.0 Å². The number of carbonyl (C=O) groups is 1. The van der Waals surface area contributed by atoms with Gasteiger partial charge in [-0.1, -0.05) is 24.6 Å². The highest BCUT2D eigenvalue weighted by molar-refractivity contribution is 7.71. The van der Waals surface area contributed by atoms with Gasteiger partial charge in [0.2, 0.25) is 0 Å². The number of fused-ring (bicyclic) bond motifs is 1. The minimum Gasteiger partial charge on any atom is -0.480 e. The quantitative estimate of drug-likeness (QED) is 0.584. The van der Waals surface area contributed by atoms with E-state index in [1.54, 1.807) is 0 Å². The number of ether oxygens (including phenoxy) is 1. The molecule has 1 amide bonds. The average Bonchev–Trinajstić information content (AvgIpc) is 2.93. The molecule has 0 aliphatic carbocycles. The smallest absolute Gasteiger partial charge is 0.265 e. The summed E-state index contributed by atoms with van der Waals surface area (Å²) in [5, 5.41) is 2.91. The van der Waals surface area contributed by atoms with Gasteiger partial charge in [-0.2, -0.15) is 0 Å². The van der Waals surface area contributed by atoms with Crippen molar-refractivity contribution in [1.82, 2.24) is 9.97 Å². The molecule has 0 aliphatic heterocycles. The number of aryl methyl sites for hydroxylation is 2. The summed E-state index contributed by atoms with van der Waals surface area (Å²) in [6.07, 6.45) is 0.0235. The highest BCUT2D eigenvalue weighted by atomic mass is 32.1. The number of hydrogen-bond donors (Lipinski definition) is 3. The van der Waals surface area contributed by atoms with Crippen LogP contribution in [0.1, 0.15) is 24.5 Å². The first-order chi connectivity index (χ1) is 12.0. The van der Waals surface area contributed by atoms with Crippen LogP contribution in [0.15, 0.2) is 36.4 Å². The molecule has 0 aliphatic rings. The van der Waals surface area contributed by atoms with Crippen LogP contribution in [-0.4, -0.2) is 22.0 Å². The molecule has 3 rings (SSSR count). The molecule has 0 spiro atoms. The van der Waals surface area contributed by atoms with Crippen LogP contribution < -0.4 is 10.1 Å². The Morgan fingerprint density at radius 3 is 2.64 bits per heavy atom. The van der Waals surface area contributed by atoms with Crippen LogP contribution in [0.3, 0.4) is 0 Å². The standard InChI is InChI=1S/C19H21N3O2S/c1-4-16(24-17-8-5-11(2)9-12(17)3)18(23)20-13-6-7-14-15(10-13)22-19(25)21-14/h5-10,16H,4H2,1-3H3,(H,20,23)(H2,21,22,25). The van der Waals surface area contributed by atoms with E-state index in [2.05, 4.69) is 15.3 Å². The molecule has 6 heteroatoms. The third-order valence-corrected chi connectivity index (χ3v) is 4.25. The summed E-state index contributed by atoms with van der Waals surface area (Å²) in [6.45, 7) is 5.94.